The molecule has 0 fully saturated rings. The van der Waals surface area contributed by atoms with Crippen LogP contribution in [-0.4, -0.2) is 17.2 Å². The minimum Gasteiger partial charge on any atom is -0.309 e. The number of nitrogens with zero attached hydrogens (tertiary/aromatic N) is 2. The predicted octanol–water partition coefficient (Wildman–Crippen LogP) is 10.9. The molecule has 0 saturated heterocycles. The summed E-state index contributed by atoms with van der Waals surface area (Å²) in [6.45, 7) is 0. The van der Waals surface area contributed by atoms with Gasteiger partial charge in [-0.2, -0.15) is 0 Å². The maximum Gasteiger partial charge on any atom is 0.179 e. The van der Waals surface area contributed by atoms with Crippen molar-refractivity contribution in [2.75, 3.05) is 0 Å². The molecule has 0 bridgehead atoms. The highest BCUT2D eigenvalue weighted by Gasteiger charge is 2.41. The van der Waals surface area contributed by atoms with E-state index in [0.29, 0.717) is 27.8 Å². The summed E-state index contributed by atoms with van der Waals surface area (Å²) in [5.74, 6) is 0. The van der Waals surface area contributed by atoms with Crippen LogP contribution in [0.4, 0.5) is 0 Å². The standard InChI is InChI=1S/C54H38N2Si/c1-6-20-41(21-7-1)55-51-36-35-48-47-31-16-17-32-50(47)56(42-22-8-2-9-23-42)54(48)53(51)49-34-33-40(38-52(49)55)39-19-18-30-46(37-39)57(43-24-10-3-11-25-43,44-26-12-4-13-27-44)45-28-14-5-15-29-45/h1-38H/i16D,17D,31D,32D,33D,34D,35D,36D,38D. The zero-order chi connectivity index (χ0) is 45.6. The summed E-state index contributed by atoms with van der Waals surface area (Å²) >= 11 is 0. The topological polar surface area (TPSA) is 9.86 Å². The van der Waals surface area contributed by atoms with Crippen LogP contribution in [0.1, 0.15) is 12.3 Å². The lowest BCUT2D eigenvalue weighted by atomic mass is 10.0. The molecule has 9 aromatic carbocycles. The van der Waals surface area contributed by atoms with Crippen LogP contribution in [0.3, 0.4) is 0 Å². The first-order valence-electron chi connectivity index (χ1n) is 23.5. The molecule has 11 aromatic rings. The van der Waals surface area contributed by atoms with Crippen LogP contribution in [-0.2, 0) is 0 Å². The second-order valence-corrected chi connectivity index (χ2v) is 18.0. The Balaban J connectivity index is 1.32. The normalized spacial score (nSPS) is 14.1. The molecule has 0 N–H and O–H groups in total. The Labute approximate surface area is 345 Å². The third-order valence-corrected chi connectivity index (χ3v) is 15.9. The van der Waals surface area contributed by atoms with E-state index < -0.39 is 20.2 Å². The molecule has 0 spiro atoms. The summed E-state index contributed by atoms with van der Waals surface area (Å²) in [6, 6.07) is 55.4. The number of rotatable bonds is 7. The molecular formula is C54H38N2Si. The smallest absolute Gasteiger partial charge is 0.179 e. The van der Waals surface area contributed by atoms with Gasteiger partial charge in [-0.05, 0) is 74.3 Å². The predicted molar refractivity (Wildman–Crippen MR) is 244 cm³/mol. The Hall–Kier alpha value is -7.20. The third kappa shape index (κ3) is 5.17. The van der Waals surface area contributed by atoms with Crippen molar-refractivity contribution in [1.29, 1.82) is 0 Å². The molecule has 3 heteroatoms. The average Bonchev–Trinajstić information content (AvgIpc) is 3.91. The number of aromatic nitrogens is 2. The molecule has 11 rings (SSSR count). The van der Waals surface area contributed by atoms with Crippen LogP contribution in [0.15, 0.2) is 230 Å². The highest BCUT2D eigenvalue weighted by atomic mass is 28.3. The maximum atomic E-state index is 10.3. The van der Waals surface area contributed by atoms with Gasteiger partial charge in [-0.25, -0.2) is 0 Å². The lowest BCUT2D eigenvalue weighted by Crippen LogP contribution is -2.74. The van der Waals surface area contributed by atoms with Gasteiger partial charge in [0.25, 0.3) is 0 Å². The highest BCUT2D eigenvalue weighted by molar-refractivity contribution is 7.19. The second-order valence-electron chi connectivity index (χ2n) is 14.2. The lowest BCUT2D eigenvalue weighted by molar-refractivity contribution is 1.17. The molecule has 0 radical (unpaired) electrons. The van der Waals surface area contributed by atoms with Gasteiger partial charge in [0.2, 0.25) is 0 Å². The van der Waals surface area contributed by atoms with Crippen molar-refractivity contribution in [2.45, 2.75) is 0 Å². The number of para-hydroxylation sites is 3. The van der Waals surface area contributed by atoms with Crippen molar-refractivity contribution in [3.63, 3.8) is 0 Å². The molecule has 0 amide bonds. The van der Waals surface area contributed by atoms with Gasteiger partial charge in [0.15, 0.2) is 8.07 Å². The number of fused-ring (bicyclic) bond motifs is 7. The first-order chi connectivity index (χ1) is 32.1. The quantitative estimate of drug-likeness (QED) is 0.113. The van der Waals surface area contributed by atoms with Crippen LogP contribution in [0.5, 0.6) is 0 Å². The van der Waals surface area contributed by atoms with Crippen molar-refractivity contribution >= 4 is 72.4 Å². The molecular weight excluding hydrogens is 705 g/mol. The van der Waals surface area contributed by atoms with E-state index in [9.17, 15) is 9.60 Å². The zero-order valence-corrected chi connectivity index (χ0v) is 31.6. The summed E-state index contributed by atoms with van der Waals surface area (Å²) in [5, 5.41) is 5.23. The van der Waals surface area contributed by atoms with Crippen molar-refractivity contribution < 1.29 is 12.3 Å². The van der Waals surface area contributed by atoms with E-state index in [1.807, 2.05) is 91.0 Å². The van der Waals surface area contributed by atoms with Crippen LogP contribution >= 0.6 is 0 Å². The second kappa shape index (κ2) is 13.5. The summed E-state index contributed by atoms with van der Waals surface area (Å²) in [4.78, 5) is 0. The molecule has 0 atom stereocenters. The fraction of sp³-hybridized carbons (Fsp3) is 0. The molecule has 0 aliphatic heterocycles. The van der Waals surface area contributed by atoms with Crippen molar-refractivity contribution in [3.8, 4) is 22.5 Å². The number of benzene rings is 9. The summed E-state index contributed by atoms with van der Waals surface area (Å²) < 4.78 is 89.0. The Morgan fingerprint density at radius 2 is 0.895 bits per heavy atom. The van der Waals surface area contributed by atoms with E-state index in [1.165, 1.54) is 0 Å². The van der Waals surface area contributed by atoms with Crippen LogP contribution < -0.4 is 20.7 Å². The van der Waals surface area contributed by atoms with E-state index in [1.54, 1.807) is 9.13 Å². The first-order valence-corrected chi connectivity index (χ1v) is 21.0. The van der Waals surface area contributed by atoms with E-state index in [0.717, 1.165) is 20.7 Å². The first kappa shape index (κ1) is 25.1. The molecule has 0 saturated carbocycles. The van der Waals surface area contributed by atoms with Gasteiger partial charge in [-0.15, -0.1) is 0 Å². The SMILES string of the molecule is [2H]c1c(-c2cccc([Si](c3ccccc3)(c3ccccc3)c3ccccc3)c2)c([2H])c2c(c1[2H])c1c(c([2H])c([2H])c3c4c([2H])c([2H])c([2H])c([2H])c4n(-c4ccccc4)c31)n2-c1ccccc1. The van der Waals surface area contributed by atoms with Gasteiger partial charge in [0, 0.05) is 32.9 Å². The summed E-state index contributed by atoms with van der Waals surface area (Å²) in [6.07, 6.45) is 0. The number of hydrogen-bond donors (Lipinski definition) is 0. The van der Waals surface area contributed by atoms with Crippen molar-refractivity contribution in [1.82, 2.24) is 9.13 Å². The van der Waals surface area contributed by atoms with Gasteiger partial charge in [-0.1, -0.05) is 188 Å². The van der Waals surface area contributed by atoms with Crippen LogP contribution in [0, 0.1) is 0 Å². The number of hydrogen-bond acceptors (Lipinski definition) is 0. The molecule has 2 heterocycles. The Morgan fingerprint density at radius 1 is 0.368 bits per heavy atom. The minimum atomic E-state index is -3.05. The highest BCUT2D eigenvalue weighted by Crippen LogP contribution is 2.42. The minimum absolute atomic E-state index is 0.0414. The fourth-order valence-electron chi connectivity index (χ4n) is 8.70. The van der Waals surface area contributed by atoms with E-state index >= 15 is 0 Å². The Morgan fingerprint density at radius 3 is 1.51 bits per heavy atom. The molecule has 268 valence electrons. The van der Waals surface area contributed by atoms with Gasteiger partial charge in [-0.3, -0.25) is 0 Å². The largest absolute Gasteiger partial charge is 0.309 e. The van der Waals surface area contributed by atoms with E-state index in [2.05, 4.69) is 84.9 Å². The summed E-state index contributed by atoms with van der Waals surface area (Å²) in [7, 11) is -3.05. The van der Waals surface area contributed by atoms with Crippen molar-refractivity contribution in [3.05, 3.63) is 230 Å². The molecule has 0 unspecified atom stereocenters. The Bertz CT molecular complexity index is 3630. The fourth-order valence-corrected chi connectivity index (χ4v) is 13.5. The van der Waals surface area contributed by atoms with Crippen molar-refractivity contribution in [2.24, 2.45) is 0 Å². The molecule has 2 nitrogen and oxygen atoms in total. The molecule has 0 aliphatic rings. The van der Waals surface area contributed by atoms with E-state index in [4.69, 9.17) is 2.74 Å². The Kier molecular flexibility index (Phi) is 5.94. The molecule has 2 aromatic heterocycles. The van der Waals surface area contributed by atoms with Gasteiger partial charge in [0.1, 0.15) is 0 Å². The van der Waals surface area contributed by atoms with Gasteiger partial charge < -0.3 is 9.13 Å². The summed E-state index contributed by atoms with van der Waals surface area (Å²) in [5.41, 5.74) is 2.85. The average molecular weight is 752 g/mol. The zero-order valence-electron chi connectivity index (χ0n) is 39.6. The molecule has 0 aliphatic carbocycles. The van der Waals surface area contributed by atoms with Gasteiger partial charge in [0.05, 0.1) is 34.4 Å². The van der Waals surface area contributed by atoms with Crippen LogP contribution in [0.25, 0.3) is 66.1 Å². The third-order valence-electron chi connectivity index (χ3n) is 11.1. The maximum absolute atomic E-state index is 10.3. The lowest BCUT2D eigenvalue weighted by Gasteiger charge is -2.34. The molecule has 57 heavy (non-hydrogen) atoms. The van der Waals surface area contributed by atoms with E-state index in [-0.39, 0.29) is 80.6 Å². The van der Waals surface area contributed by atoms with Gasteiger partial charge >= 0.3 is 0 Å². The monoisotopic (exact) mass is 751 g/mol. The van der Waals surface area contributed by atoms with Crippen LogP contribution in [0.2, 0.25) is 0 Å².